The van der Waals surface area contributed by atoms with Gasteiger partial charge in [-0.25, -0.2) is 20.0 Å². The van der Waals surface area contributed by atoms with Crippen LogP contribution >= 0.6 is 0 Å². The Bertz CT molecular complexity index is 2320. The van der Waals surface area contributed by atoms with Crippen LogP contribution in [-0.2, 0) is 0 Å². The molecule has 0 aliphatic carbocycles. The van der Waals surface area contributed by atoms with Crippen LogP contribution in [0.4, 0.5) is 11.4 Å². The maximum atomic E-state index is 5.19. The molecule has 278 valence electrons. The molecule has 0 fully saturated rings. The minimum atomic E-state index is -0.253. The summed E-state index contributed by atoms with van der Waals surface area (Å²) in [5.74, 6) is 1.71. The Balaban J connectivity index is 1.01. The van der Waals surface area contributed by atoms with Gasteiger partial charge in [-0.3, -0.25) is 0 Å². The van der Waals surface area contributed by atoms with E-state index in [-0.39, 0.29) is 21.7 Å². The molecule has 4 nitrogen and oxygen atoms in total. The first-order valence-electron chi connectivity index (χ1n) is 19.6. The van der Waals surface area contributed by atoms with Gasteiger partial charge in [-0.2, -0.15) is 0 Å². The quantitative estimate of drug-likeness (QED) is 0.157. The molecule has 0 aromatic heterocycles. The van der Waals surface area contributed by atoms with Gasteiger partial charge in [0.25, 0.3) is 0 Å². The fourth-order valence-electron chi connectivity index (χ4n) is 7.71. The lowest BCUT2D eigenvalue weighted by Crippen LogP contribution is -2.38. The molecule has 0 saturated heterocycles. The van der Waals surface area contributed by atoms with Gasteiger partial charge >= 0.3 is 0 Å². The Hall–Kier alpha value is -6.00. The molecule has 6 aromatic rings. The molecule has 0 amide bonds. The van der Waals surface area contributed by atoms with Crippen molar-refractivity contribution in [1.29, 1.82) is 0 Å². The Labute approximate surface area is 332 Å². The molecule has 0 spiro atoms. The van der Waals surface area contributed by atoms with Crippen LogP contribution in [0.25, 0.3) is 33.4 Å². The van der Waals surface area contributed by atoms with Crippen molar-refractivity contribution in [3.63, 3.8) is 0 Å². The van der Waals surface area contributed by atoms with Crippen LogP contribution in [0.5, 0.6) is 0 Å². The molecule has 0 unspecified atom stereocenters. The van der Waals surface area contributed by atoms with Crippen LogP contribution in [0.3, 0.4) is 0 Å². The third kappa shape index (κ3) is 6.47. The molecule has 56 heavy (non-hydrogen) atoms. The summed E-state index contributed by atoms with van der Waals surface area (Å²) in [6.45, 7) is 18.1. The van der Waals surface area contributed by atoms with E-state index in [0.717, 1.165) is 56.7 Å². The summed E-state index contributed by atoms with van der Waals surface area (Å²) in [5, 5.41) is 0. The van der Waals surface area contributed by atoms with Gasteiger partial charge in [-0.15, -0.1) is 0 Å². The zero-order valence-electron chi connectivity index (χ0n) is 33.8. The van der Waals surface area contributed by atoms with E-state index in [0.29, 0.717) is 0 Å². The molecule has 4 heteroatoms. The van der Waals surface area contributed by atoms with Crippen LogP contribution in [0.1, 0.15) is 66.5 Å². The monoisotopic (exact) mass is 730 g/mol. The number of hydrogen-bond donors (Lipinski definition) is 0. The summed E-state index contributed by atoms with van der Waals surface area (Å²) < 4.78 is 0. The number of aliphatic imine (C=N–C) groups is 4. The number of hydrogen-bond acceptors (Lipinski definition) is 2. The summed E-state index contributed by atoms with van der Waals surface area (Å²) in [4.78, 5) is 20.6. The van der Waals surface area contributed by atoms with Gasteiger partial charge < -0.3 is 0 Å². The van der Waals surface area contributed by atoms with Crippen molar-refractivity contribution in [2.45, 2.75) is 55.4 Å². The van der Waals surface area contributed by atoms with E-state index in [9.17, 15) is 0 Å². The van der Waals surface area contributed by atoms with Crippen molar-refractivity contribution < 1.29 is 0 Å². The topological polar surface area (TPSA) is 49.4 Å². The first-order chi connectivity index (χ1) is 26.8. The third-order valence-corrected chi connectivity index (χ3v) is 12.9. The van der Waals surface area contributed by atoms with Crippen molar-refractivity contribution in [1.82, 2.24) is 0 Å². The minimum Gasteiger partial charge on any atom is -0.236 e. The number of benzene rings is 6. The minimum absolute atomic E-state index is 0.199. The van der Waals surface area contributed by atoms with Crippen molar-refractivity contribution in [3.8, 4) is 33.4 Å². The molecule has 6 aromatic carbocycles. The highest BCUT2D eigenvalue weighted by Crippen LogP contribution is 2.50. The molecule has 0 atom stereocenters. The molecular weight excluding hydrogens is 681 g/mol. The summed E-state index contributed by atoms with van der Waals surface area (Å²) in [6, 6.07) is 55.5. The lowest BCUT2D eigenvalue weighted by atomic mass is 9.65. The van der Waals surface area contributed by atoms with E-state index in [4.69, 9.17) is 20.0 Å². The van der Waals surface area contributed by atoms with Gasteiger partial charge in [0.15, 0.2) is 0 Å². The van der Waals surface area contributed by atoms with Crippen LogP contribution in [-0.4, -0.2) is 23.1 Å². The predicted octanol–water partition coefficient (Wildman–Crippen LogP) is 13.9. The van der Waals surface area contributed by atoms with Crippen LogP contribution in [0.15, 0.2) is 178 Å². The predicted molar refractivity (Wildman–Crippen MR) is 238 cm³/mol. The Morgan fingerprint density at radius 3 is 0.839 bits per heavy atom. The van der Waals surface area contributed by atoms with Gasteiger partial charge in [0.05, 0.1) is 22.8 Å². The average molecular weight is 731 g/mol. The molecule has 0 radical (unpaired) electrons. The van der Waals surface area contributed by atoms with E-state index in [1.807, 2.05) is 12.1 Å². The van der Waals surface area contributed by atoms with Crippen LogP contribution < -0.4 is 0 Å². The zero-order chi connectivity index (χ0) is 39.3. The van der Waals surface area contributed by atoms with Gasteiger partial charge in [0.1, 0.15) is 11.7 Å². The largest absolute Gasteiger partial charge is 0.236 e. The highest BCUT2D eigenvalue weighted by atomic mass is 15.0. The molecule has 0 bridgehead atoms. The highest BCUT2D eigenvalue weighted by molar-refractivity contribution is 6.19. The smallest absolute Gasteiger partial charge is 0.135 e. The summed E-state index contributed by atoms with van der Waals surface area (Å²) in [7, 11) is 0. The van der Waals surface area contributed by atoms with Crippen molar-refractivity contribution in [2.75, 3.05) is 0 Å². The number of rotatable bonds is 7. The molecular formula is C52H50N4. The maximum absolute atomic E-state index is 5.19. The summed E-state index contributed by atoms with van der Waals surface area (Å²) >= 11 is 0. The fraction of sp³-hybridized carbons (Fsp3) is 0.231. The van der Waals surface area contributed by atoms with Gasteiger partial charge in [-0.1, -0.05) is 189 Å². The second kappa shape index (κ2) is 13.9. The Kier molecular flexibility index (Phi) is 9.20. The van der Waals surface area contributed by atoms with Crippen molar-refractivity contribution in [3.05, 3.63) is 169 Å². The summed E-state index contributed by atoms with van der Waals surface area (Å²) in [5.41, 5.74) is 12.4. The van der Waals surface area contributed by atoms with E-state index in [2.05, 4.69) is 201 Å². The number of nitrogens with zero attached hydrogens (tertiary/aromatic N) is 4. The number of amidine groups is 2. The van der Waals surface area contributed by atoms with Gasteiger partial charge in [0, 0.05) is 21.7 Å². The molecule has 2 heterocycles. The van der Waals surface area contributed by atoms with E-state index < -0.39 is 0 Å². The molecule has 0 N–H and O–H groups in total. The molecule has 0 saturated carbocycles. The fourth-order valence-corrected chi connectivity index (χ4v) is 7.71. The lowest BCUT2D eigenvalue weighted by molar-refractivity contribution is 0.299. The van der Waals surface area contributed by atoms with E-state index in [1.165, 1.54) is 22.3 Å². The third-order valence-electron chi connectivity index (χ3n) is 12.9. The second-order valence-corrected chi connectivity index (χ2v) is 17.3. The normalized spacial score (nSPS) is 19.2. The van der Waals surface area contributed by atoms with Crippen LogP contribution in [0, 0.1) is 21.7 Å². The lowest BCUT2D eigenvalue weighted by Gasteiger charge is -2.35. The van der Waals surface area contributed by atoms with Gasteiger partial charge in [-0.05, 0) is 68.8 Å². The maximum Gasteiger partial charge on any atom is 0.135 e. The molecule has 2 aliphatic heterocycles. The van der Waals surface area contributed by atoms with Gasteiger partial charge in [0.2, 0.25) is 0 Å². The zero-order valence-corrected chi connectivity index (χ0v) is 33.8. The molecule has 8 rings (SSSR count). The highest BCUT2D eigenvalue weighted by Gasteiger charge is 2.51. The first-order valence-corrected chi connectivity index (χ1v) is 19.6. The Morgan fingerprint density at radius 2 is 0.536 bits per heavy atom. The van der Waals surface area contributed by atoms with Crippen molar-refractivity contribution in [2.24, 2.45) is 41.6 Å². The standard InChI is InChI=1S/C52H50N4/c1-49(2)45(41-23-19-37(20-24-41)35-15-11-9-12-16-35)55-47(51(49,5)6)53-43-31-27-39(28-32-43)40-29-33-44(34-30-40)54-48-52(7,8)50(3,4)46(56-48)42-25-21-38(22-26-42)36-17-13-10-14-18-36/h9-34H,1-8H3. The van der Waals surface area contributed by atoms with E-state index in [1.54, 1.807) is 0 Å². The van der Waals surface area contributed by atoms with Crippen molar-refractivity contribution >= 4 is 34.5 Å². The molecule has 2 aliphatic rings. The van der Waals surface area contributed by atoms with E-state index >= 15 is 0 Å². The average Bonchev–Trinajstić information content (AvgIpc) is 3.50. The first kappa shape index (κ1) is 36.9. The Morgan fingerprint density at radius 1 is 0.286 bits per heavy atom. The SMILES string of the molecule is CC1(C)C(=Nc2ccc(-c3ccc(N=C4N=C(c5ccc(-c6ccccc6)cc5)C(C)(C)C4(C)C)cc3)cc2)N=C(c2ccc(-c3ccccc3)cc2)C1(C)C. The van der Waals surface area contributed by atoms with Crippen LogP contribution in [0.2, 0.25) is 0 Å². The second-order valence-electron chi connectivity index (χ2n) is 17.3. The summed E-state index contributed by atoms with van der Waals surface area (Å²) in [6.07, 6.45) is 0.